The number of carbonyl (C=O) groups is 2. The number of nitrogens with zero attached hydrogens (tertiary/aromatic N) is 1. The molecule has 0 saturated carbocycles. The van der Waals surface area contributed by atoms with Crippen LogP contribution in [-0.2, 0) is 11.8 Å². The summed E-state index contributed by atoms with van der Waals surface area (Å²) in [4.78, 5) is 22.4. The highest BCUT2D eigenvalue weighted by Gasteiger charge is 2.11. The van der Waals surface area contributed by atoms with Crippen LogP contribution in [0.3, 0.4) is 0 Å². The maximum Gasteiger partial charge on any atom is 0.253 e. The quantitative estimate of drug-likeness (QED) is 0.806. The zero-order chi connectivity index (χ0) is 11.4. The Bertz CT molecular complexity index is 368. The smallest absolute Gasteiger partial charge is 0.253 e. The second-order valence-corrected chi connectivity index (χ2v) is 3.85. The maximum atomic E-state index is 11.6. The molecule has 1 heterocycles. The molecular weight excluding hydrogens is 192 g/mol. The van der Waals surface area contributed by atoms with Gasteiger partial charge in [0.1, 0.15) is 5.78 Å². The number of carbonyl (C=O) groups excluding carboxylic acids is 2. The van der Waals surface area contributed by atoms with Crippen molar-refractivity contribution >= 4 is 11.7 Å². The van der Waals surface area contributed by atoms with Crippen LogP contribution in [0, 0.1) is 0 Å². The van der Waals surface area contributed by atoms with Crippen molar-refractivity contribution in [3.8, 4) is 0 Å². The molecule has 0 aliphatic carbocycles. The number of Topliss-reactive ketones (excluding diaryl/α,β-unsaturated/α-hetero) is 1. The molecule has 4 nitrogen and oxygen atoms in total. The summed E-state index contributed by atoms with van der Waals surface area (Å²) in [7, 11) is 1.86. The number of hydrogen-bond acceptors (Lipinski definition) is 2. The van der Waals surface area contributed by atoms with Crippen molar-refractivity contribution in [2.24, 2.45) is 7.05 Å². The third-order valence-electron chi connectivity index (χ3n) is 2.07. The van der Waals surface area contributed by atoms with Gasteiger partial charge in [0.05, 0.1) is 5.56 Å². The molecule has 0 spiro atoms. The van der Waals surface area contributed by atoms with Gasteiger partial charge in [-0.15, -0.1) is 0 Å². The predicted octanol–water partition coefficient (Wildman–Crippen LogP) is 1.12. The van der Waals surface area contributed by atoms with E-state index in [1.165, 1.54) is 6.92 Å². The van der Waals surface area contributed by atoms with Gasteiger partial charge in [0.15, 0.2) is 0 Å². The average molecular weight is 208 g/mol. The first-order chi connectivity index (χ1) is 6.99. The minimum Gasteiger partial charge on any atom is -0.356 e. The van der Waals surface area contributed by atoms with E-state index in [0.29, 0.717) is 12.0 Å². The van der Waals surface area contributed by atoms with Gasteiger partial charge >= 0.3 is 0 Å². The Hall–Kier alpha value is -1.58. The summed E-state index contributed by atoms with van der Waals surface area (Å²) in [6.07, 6.45) is 3.93. The summed E-state index contributed by atoms with van der Waals surface area (Å²) < 4.78 is 1.81. The molecule has 0 aliphatic rings. The van der Waals surface area contributed by atoms with E-state index in [9.17, 15) is 9.59 Å². The lowest BCUT2D eigenvalue weighted by atomic mass is 10.1. The molecule has 82 valence electrons. The summed E-state index contributed by atoms with van der Waals surface area (Å²) in [6, 6.07) is 1.63. The Balaban J connectivity index is 2.52. The summed E-state index contributed by atoms with van der Waals surface area (Å²) in [5.41, 5.74) is 0.618. The second kappa shape index (κ2) is 4.77. The molecule has 1 atom stereocenters. The van der Waals surface area contributed by atoms with Crippen molar-refractivity contribution < 1.29 is 9.59 Å². The van der Waals surface area contributed by atoms with E-state index in [0.717, 1.165) is 0 Å². The van der Waals surface area contributed by atoms with Crippen molar-refractivity contribution in [3.05, 3.63) is 24.0 Å². The standard InChI is InChI=1S/C11H16N2O2/c1-8(6-9(2)14)12-11(15)10-4-5-13(3)7-10/h4-5,7-8H,6H2,1-3H3,(H,12,15). The Morgan fingerprint density at radius 1 is 1.53 bits per heavy atom. The van der Waals surface area contributed by atoms with Crippen molar-refractivity contribution in [2.75, 3.05) is 0 Å². The van der Waals surface area contributed by atoms with Crippen LogP contribution in [0.2, 0.25) is 0 Å². The fourth-order valence-corrected chi connectivity index (χ4v) is 1.43. The molecule has 1 aromatic rings. The molecular formula is C11H16N2O2. The molecule has 4 heteroatoms. The summed E-state index contributed by atoms with van der Waals surface area (Å²) in [5, 5.41) is 2.77. The molecule has 0 bridgehead atoms. The van der Waals surface area contributed by atoms with Gasteiger partial charge in [-0.25, -0.2) is 0 Å². The summed E-state index contributed by atoms with van der Waals surface area (Å²) >= 11 is 0. The van der Waals surface area contributed by atoms with Gasteiger partial charge in [-0.2, -0.15) is 0 Å². The van der Waals surface area contributed by atoms with Crippen LogP contribution in [0.1, 0.15) is 30.6 Å². The number of amides is 1. The SMILES string of the molecule is CC(=O)CC(C)NC(=O)c1ccn(C)c1. The summed E-state index contributed by atoms with van der Waals surface area (Å²) in [5.74, 6) is -0.0554. The Kier molecular flexibility index (Phi) is 3.66. The van der Waals surface area contributed by atoms with Crippen LogP contribution in [-0.4, -0.2) is 22.3 Å². The predicted molar refractivity (Wildman–Crippen MR) is 57.6 cm³/mol. The molecule has 0 aliphatic heterocycles. The summed E-state index contributed by atoms with van der Waals surface area (Å²) in [6.45, 7) is 3.34. The first-order valence-electron chi connectivity index (χ1n) is 4.91. The Morgan fingerprint density at radius 3 is 2.67 bits per heavy atom. The number of aromatic nitrogens is 1. The minimum atomic E-state index is -0.135. The number of hydrogen-bond donors (Lipinski definition) is 1. The van der Waals surface area contributed by atoms with Crippen molar-refractivity contribution in [1.29, 1.82) is 0 Å². The van der Waals surface area contributed by atoms with Crippen molar-refractivity contribution in [2.45, 2.75) is 26.3 Å². The highest BCUT2D eigenvalue weighted by atomic mass is 16.2. The minimum absolute atomic E-state index is 0.0795. The molecule has 1 unspecified atom stereocenters. The van der Waals surface area contributed by atoms with Gasteiger partial charge in [0.2, 0.25) is 0 Å². The van der Waals surface area contributed by atoms with E-state index in [4.69, 9.17) is 0 Å². The van der Waals surface area contributed by atoms with Crippen molar-refractivity contribution in [1.82, 2.24) is 9.88 Å². The first kappa shape index (κ1) is 11.5. The maximum absolute atomic E-state index is 11.6. The van der Waals surface area contributed by atoms with E-state index >= 15 is 0 Å². The van der Waals surface area contributed by atoms with Crippen LogP contribution in [0.4, 0.5) is 0 Å². The Morgan fingerprint density at radius 2 is 2.20 bits per heavy atom. The fourth-order valence-electron chi connectivity index (χ4n) is 1.43. The van der Waals surface area contributed by atoms with Gasteiger partial charge in [-0.05, 0) is 19.9 Å². The highest BCUT2D eigenvalue weighted by molar-refractivity contribution is 5.94. The molecule has 1 amide bonds. The Labute approximate surface area is 89.3 Å². The van der Waals surface area contributed by atoms with Crippen LogP contribution < -0.4 is 5.32 Å². The van der Waals surface area contributed by atoms with Crippen LogP contribution >= 0.6 is 0 Å². The van der Waals surface area contributed by atoms with E-state index in [2.05, 4.69) is 5.32 Å². The molecule has 1 N–H and O–H groups in total. The molecule has 15 heavy (non-hydrogen) atoms. The fraction of sp³-hybridized carbons (Fsp3) is 0.455. The normalized spacial score (nSPS) is 12.2. The number of ketones is 1. The third-order valence-corrected chi connectivity index (χ3v) is 2.07. The lowest BCUT2D eigenvalue weighted by Crippen LogP contribution is -2.33. The monoisotopic (exact) mass is 208 g/mol. The molecule has 0 aromatic carbocycles. The zero-order valence-electron chi connectivity index (χ0n) is 9.28. The van der Waals surface area contributed by atoms with E-state index in [1.54, 1.807) is 12.3 Å². The number of nitrogens with one attached hydrogen (secondary N) is 1. The molecule has 0 saturated heterocycles. The molecule has 0 radical (unpaired) electrons. The van der Waals surface area contributed by atoms with Gasteiger partial charge in [0.25, 0.3) is 5.91 Å². The van der Waals surface area contributed by atoms with Crippen LogP contribution in [0.15, 0.2) is 18.5 Å². The molecule has 1 rings (SSSR count). The van der Waals surface area contributed by atoms with E-state index in [1.807, 2.05) is 24.7 Å². The second-order valence-electron chi connectivity index (χ2n) is 3.85. The van der Waals surface area contributed by atoms with Gasteiger partial charge in [-0.3, -0.25) is 9.59 Å². The van der Waals surface area contributed by atoms with Crippen LogP contribution in [0.5, 0.6) is 0 Å². The van der Waals surface area contributed by atoms with E-state index < -0.39 is 0 Å². The van der Waals surface area contributed by atoms with E-state index in [-0.39, 0.29) is 17.7 Å². The number of aryl methyl sites for hydroxylation is 1. The number of rotatable bonds is 4. The molecule has 0 fully saturated rings. The zero-order valence-corrected chi connectivity index (χ0v) is 9.28. The molecule has 1 aromatic heterocycles. The van der Waals surface area contributed by atoms with Gasteiger partial charge in [-0.1, -0.05) is 0 Å². The average Bonchev–Trinajstić information content (AvgIpc) is 2.49. The van der Waals surface area contributed by atoms with Crippen molar-refractivity contribution in [3.63, 3.8) is 0 Å². The first-order valence-corrected chi connectivity index (χ1v) is 4.91. The lowest BCUT2D eigenvalue weighted by Gasteiger charge is -2.10. The largest absolute Gasteiger partial charge is 0.356 e. The van der Waals surface area contributed by atoms with Crippen LogP contribution in [0.25, 0.3) is 0 Å². The lowest BCUT2D eigenvalue weighted by molar-refractivity contribution is -0.117. The third kappa shape index (κ3) is 3.58. The van der Waals surface area contributed by atoms with Gasteiger partial charge in [0, 0.05) is 31.9 Å². The highest BCUT2D eigenvalue weighted by Crippen LogP contribution is 2.01. The van der Waals surface area contributed by atoms with Gasteiger partial charge < -0.3 is 9.88 Å². The topological polar surface area (TPSA) is 51.1 Å².